The molecule has 1 amide bonds. The van der Waals surface area contributed by atoms with E-state index in [1.54, 1.807) is 29.2 Å². The summed E-state index contributed by atoms with van der Waals surface area (Å²) in [6.45, 7) is 7.65. The van der Waals surface area contributed by atoms with Crippen LogP contribution in [-0.4, -0.2) is 48.4 Å². The lowest BCUT2D eigenvalue weighted by molar-refractivity contribution is 0.0190. The first-order valence-electron chi connectivity index (χ1n) is 11.2. The van der Waals surface area contributed by atoms with Crippen LogP contribution in [0, 0.1) is 17.2 Å². The van der Waals surface area contributed by atoms with E-state index >= 15 is 0 Å². The van der Waals surface area contributed by atoms with Crippen molar-refractivity contribution in [1.82, 2.24) is 25.1 Å². The van der Waals surface area contributed by atoms with Crippen molar-refractivity contribution in [3.05, 3.63) is 41.9 Å². The van der Waals surface area contributed by atoms with E-state index in [4.69, 9.17) is 5.26 Å². The molecule has 0 bridgehead atoms. The molecule has 0 aliphatic heterocycles. The molecule has 3 aromatic heterocycles. The van der Waals surface area contributed by atoms with Crippen LogP contribution < -0.4 is 10.6 Å². The molecule has 2 atom stereocenters. The van der Waals surface area contributed by atoms with Gasteiger partial charge in [0.1, 0.15) is 6.07 Å². The average molecular weight is 448 g/mol. The van der Waals surface area contributed by atoms with Crippen LogP contribution in [0.15, 0.2) is 30.7 Å². The van der Waals surface area contributed by atoms with Crippen LogP contribution in [0.4, 0.5) is 5.69 Å². The number of nitrogens with zero attached hydrogens (tertiary/aromatic N) is 5. The van der Waals surface area contributed by atoms with E-state index in [-0.39, 0.29) is 23.9 Å². The van der Waals surface area contributed by atoms with Crippen LogP contribution in [0.25, 0.3) is 16.9 Å². The van der Waals surface area contributed by atoms with Crippen LogP contribution in [0.3, 0.4) is 0 Å². The lowest BCUT2D eigenvalue weighted by Gasteiger charge is -2.25. The van der Waals surface area contributed by atoms with Gasteiger partial charge in [-0.05, 0) is 58.9 Å². The Morgan fingerprint density at radius 2 is 2.03 bits per heavy atom. The van der Waals surface area contributed by atoms with Crippen LogP contribution in [0.5, 0.6) is 0 Å². The highest BCUT2D eigenvalue weighted by atomic mass is 16.3. The summed E-state index contributed by atoms with van der Waals surface area (Å²) < 4.78 is 1.59. The SMILES string of the molecule is CC(C)Nc1cc(-n2ncc3cc(C#N)cnc32)ncc1C(=O)N[C@H]1CCC(C(C)(C)O)C1. The number of nitrogens with one attached hydrogen (secondary N) is 2. The summed E-state index contributed by atoms with van der Waals surface area (Å²) in [7, 11) is 0. The molecular formula is C24H29N7O2. The van der Waals surface area contributed by atoms with Gasteiger partial charge in [-0.3, -0.25) is 4.79 Å². The molecule has 0 spiro atoms. The molecule has 4 rings (SSSR count). The lowest BCUT2D eigenvalue weighted by Crippen LogP contribution is -2.36. The van der Waals surface area contributed by atoms with Crippen molar-refractivity contribution in [1.29, 1.82) is 5.26 Å². The Hall–Kier alpha value is -3.51. The van der Waals surface area contributed by atoms with E-state index in [1.165, 1.54) is 6.20 Å². The second-order valence-corrected chi connectivity index (χ2v) is 9.53. The second kappa shape index (κ2) is 8.79. The molecule has 9 nitrogen and oxygen atoms in total. The minimum Gasteiger partial charge on any atom is -0.390 e. The number of carbonyl (C=O) groups is 1. The summed E-state index contributed by atoms with van der Waals surface area (Å²) in [4.78, 5) is 22.0. The number of pyridine rings is 2. The molecule has 1 unspecified atom stereocenters. The third-order valence-corrected chi connectivity index (χ3v) is 6.10. The normalized spacial score (nSPS) is 18.5. The zero-order valence-electron chi connectivity index (χ0n) is 19.3. The maximum absolute atomic E-state index is 13.1. The Kier molecular flexibility index (Phi) is 6.04. The first-order chi connectivity index (χ1) is 15.7. The van der Waals surface area contributed by atoms with Crippen molar-refractivity contribution in [2.24, 2.45) is 5.92 Å². The van der Waals surface area contributed by atoms with Crippen molar-refractivity contribution in [3.8, 4) is 11.9 Å². The van der Waals surface area contributed by atoms with Crippen molar-refractivity contribution < 1.29 is 9.90 Å². The quantitative estimate of drug-likeness (QED) is 0.529. The predicted molar refractivity (Wildman–Crippen MR) is 125 cm³/mol. The Morgan fingerprint density at radius 3 is 2.70 bits per heavy atom. The predicted octanol–water partition coefficient (Wildman–Crippen LogP) is 3.18. The fourth-order valence-electron chi connectivity index (χ4n) is 4.34. The van der Waals surface area contributed by atoms with Crippen molar-refractivity contribution in [2.75, 3.05) is 5.32 Å². The number of aliphatic hydroxyl groups is 1. The van der Waals surface area contributed by atoms with Crippen LogP contribution >= 0.6 is 0 Å². The monoisotopic (exact) mass is 447 g/mol. The van der Waals surface area contributed by atoms with Gasteiger partial charge < -0.3 is 15.7 Å². The first kappa shape index (κ1) is 22.7. The van der Waals surface area contributed by atoms with Crippen molar-refractivity contribution in [2.45, 2.75) is 64.6 Å². The van der Waals surface area contributed by atoms with E-state index in [2.05, 4.69) is 31.8 Å². The molecule has 3 heterocycles. The van der Waals surface area contributed by atoms with Crippen LogP contribution in [0.1, 0.15) is 62.9 Å². The molecule has 1 saturated carbocycles. The van der Waals surface area contributed by atoms with Gasteiger partial charge in [-0.1, -0.05) is 0 Å². The number of hydrogen-bond acceptors (Lipinski definition) is 7. The summed E-state index contributed by atoms with van der Waals surface area (Å²) in [5.74, 6) is 0.490. The van der Waals surface area contributed by atoms with Gasteiger partial charge >= 0.3 is 0 Å². The molecule has 3 aromatic rings. The maximum Gasteiger partial charge on any atom is 0.255 e. The maximum atomic E-state index is 13.1. The van der Waals surface area contributed by atoms with Gasteiger partial charge in [0.25, 0.3) is 5.91 Å². The van der Waals surface area contributed by atoms with Gasteiger partial charge in [0, 0.05) is 35.9 Å². The molecule has 33 heavy (non-hydrogen) atoms. The minimum atomic E-state index is -0.748. The topological polar surface area (TPSA) is 129 Å². The molecule has 0 saturated heterocycles. The number of hydrogen-bond donors (Lipinski definition) is 3. The van der Waals surface area contributed by atoms with Gasteiger partial charge in [0.15, 0.2) is 11.5 Å². The highest BCUT2D eigenvalue weighted by Gasteiger charge is 2.35. The molecular weight excluding hydrogens is 418 g/mol. The number of aromatic nitrogens is 4. The van der Waals surface area contributed by atoms with Gasteiger partial charge in [-0.15, -0.1) is 0 Å². The summed E-state index contributed by atoms with van der Waals surface area (Å²) in [6.07, 6.45) is 7.17. The second-order valence-electron chi connectivity index (χ2n) is 9.53. The van der Waals surface area contributed by atoms with Crippen LogP contribution in [-0.2, 0) is 0 Å². The number of rotatable bonds is 6. The zero-order chi connectivity index (χ0) is 23.8. The molecule has 0 aromatic carbocycles. The Balaban J connectivity index is 1.61. The standard InChI is InChI=1S/C24H29N7O2/c1-14(2)29-20-9-21(31-22-16(12-28-31)7-15(10-25)11-27-22)26-13-19(20)23(32)30-18-6-5-17(8-18)24(3,4)33/h7,9,11-14,17-18,33H,5-6,8H2,1-4H3,(H,26,29)(H,30,32)/t17?,18-/m0/s1. The Labute approximate surface area is 192 Å². The Bertz CT molecular complexity index is 1220. The minimum absolute atomic E-state index is 0.0223. The molecule has 172 valence electrons. The Morgan fingerprint density at radius 1 is 1.24 bits per heavy atom. The third kappa shape index (κ3) is 4.81. The number of carbonyl (C=O) groups excluding carboxylic acids is 1. The van der Waals surface area contributed by atoms with E-state index in [1.807, 2.05) is 27.7 Å². The summed E-state index contributed by atoms with van der Waals surface area (Å²) >= 11 is 0. The van der Waals surface area contributed by atoms with Gasteiger partial charge in [0.05, 0.1) is 28.6 Å². The molecule has 9 heteroatoms. The van der Waals surface area contributed by atoms with E-state index < -0.39 is 5.60 Å². The summed E-state index contributed by atoms with van der Waals surface area (Å²) in [6, 6.07) is 5.71. The average Bonchev–Trinajstić information content (AvgIpc) is 3.39. The summed E-state index contributed by atoms with van der Waals surface area (Å²) in [5.41, 5.74) is 1.40. The largest absolute Gasteiger partial charge is 0.390 e. The molecule has 1 fully saturated rings. The molecule has 3 N–H and O–H groups in total. The van der Waals surface area contributed by atoms with Gasteiger partial charge in [-0.2, -0.15) is 15.0 Å². The third-order valence-electron chi connectivity index (χ3n) is 6.10. The first-order valence-corrected chi connectivity index (χ1v) is 11.2. The number of anilines is 1. The zero-order valence-corrected chi connectivity index (χ0v) is 19.3. The van der Waals surface area contributed by atoms with Crippen LogP contribution in [0.2, 0.25) is 0 Å². The number of nitriles is 1. The van der Waals surface area contributed by atoms with E-state index in [9.17, 15) is 9.90 Å². The highest BCUT2D eigenvalue weighted by molar-refractivity contribution is 5.99. The molecule has 1 aliphatic rings. The summed E-state index contributed by atoms with van der Waals surface area (Å²) in [5, 5.41) is 30.9. The fraction of sp³-hybridized carbons (Fsp3) is 0.458. The van der Waals surface area contributed by atoms with Gasteiger partial charge in [0.2, 0.25) is 0 Å². The smallest absolute Gasteiger partial charge is 0.255 e. The van der Waals surface area contributed by atoms with Gasteiger partial charge in [-0.25, -0.2) is 9.97 Å². The molecule has 1 aliphatic carbocycles. The number of fused-ring (bicyclic) bond motifs is 1. The molecule has 0 radical (unpaired) electrons. The number of amides is 1. The van der Waals surface area contributed by atoms with E-state index in [0.29, 0.717) is 28.3 Å². The highest BCUT2D eigenvalue weighted by Crippen LogP contribution is 2.34. The van der Waals surface area contributed by atoms with Crippen molar-refractivity contribution >= 4 is 22.6 Å². The lowest BCUT2D eigenvalue weighted by atomic mass is 9.89. The van der Waals surface area contributed by atoms with E-state index in [0.717, 1.165) is 24.6 Å². The fourth-order valence-corrected chi connectivity index (χ4v) is 4.34. The van der Waals surface area contributed by atoms with Crippen molar-refractivity contribution in [3.63, 3.8) is 0 Å².